The van der Waals surface area contributed by atoms with Crippen molar-refractivity contribution in [3.05, 3.63) is 65.2 Å². The van der Waals surface area contributed by atoms with Gasteiger partial charge in [0.05, 0.1) is 12.1 Å². The highest BCUT2D eigenvalue weighted by molar-refractivity contribution is 5.94. The summed E-state index contributed by atoms with van der Waals surface area (Å²) in [6, 6.07) is 15.2. The van der Waals surface area contributed by atoms with Crippen LogP contribution in [0, 0.1) is 0 Å². The maximum Gasteiger partial charge on any atom is 0.251 e. The van der Waals surface area contributed by atoms with Crippen molar-refractivity contribution in [1.29, 1.82) is 0 Å². The number of amides is 2. The first-order chi connectivity index (χ1) is 13.4. The number of carbonyl (C=O) groups is 2. The molecule has 5 heteroatoms. The van der Waals surface area contributed by atoms with Crippen molar-refractivity contribution < 1.29 is 14.3 Å². The summed E-state index contributed by atoms with van der Waals surface area (Å²) in [6.45, 7) is 7.30. The second kappa shape index (κ2) is 8.91. The monoisotopic (exact) mass is 380 g/mol. The van der Waals surface area contributed by atoms with Crippen LogP contribution in [0.4, 0.5) is 0 Å². The normalized spacial score (nSPS) is 15.0. The van der Waals surface area contributed by atoms with Gasteiger partial charge in [-0.05, 0) is 62.6 Å². The molecule has 1 saturated heterocycles. The third-order valence-corrected chi connectivity index (χ3v) is 4.83. The standard InChI is InChI=1S/C23H28N2O3/c1-16(2)28-21-11-9-19(10-12-21)17(3)24-23(27)20-7-4-6-18(14-20)15-25-13-5-8-22(25)26/h4,6-7,9-12,14,16-17H,5,8,13,15H2,1-3H3,(H,24,27). The lowest BCUT2D eigenvalue weighted by Crippen LogP contribution is -2.27. The number of hydrogen-bond acceptors (Lipinski definition) is 3. The molecule has 0 saturated carbocycles. The highest BCUT2D eigenvalue weighted by Gasteiger charge is 2.20. The zero-order valence-corrected chi connectivity index (χ0v) is 16.8. The smallest absolute Gasteiger partial charge is 0.251 e. The Hall–Kier alpha value is -2.82. The van der Waals surface area contributed by atoms with Gasteiger partial charge in [-0.15, -0.1) is 0 Å². The van der Waals surface area contributed by atoms with Crippen molar-refractivity contribution in [2.24, 2.45) is 0 Å². The van der Waals surface area contributed by atoms with Crippen molar-refractivity contribution in [3.63, 3.8) is 0 Å². The number of hydrogen-bond donors (Lipinski definition) is 1. The third-order valence-electron chi connectivity index (χ3n) is 4.83. The number of benzene rings is 2. The molecule has 2 aromatic rings. The summed E-state index contributed by atoms with van der Waals surface area (Å²) in [5.74, 6) is 0.888. The van der Waals surface area contributed by atoms with Crippen LogP contribution in [-0.4, -0.2) is 29.4 Å². The van der Waals surface area contributed by atoms with E-state index in [9.17, 15) is 9.59 Å². The first-order valence-electron chi connectivity index (χ1n) is 9.86. The van der Waals surface area contributed by atoms with Crippen molar-refractivity contribution in [2.45, 2.75) is 52.3 Å². The molecule has 1 fully saturated rings. The van der Waals surface area contributed by atoms with Crippen LogP contribution in [0.3, 0.4) is 0 Å². The number of rotatable bonds is 7. The minimum atomic E-state index is -0.121. The van der Waals surface area contributed by atoms with E-state index in [1.807, 2.05) is 68.1 Å². The van der Waals surface area contributed by atoms with E-state index in [1.165, 1.54) is 0 Å². The van der Waals surface area contributed by atoms with Crippen LogP contribution in [0.15, 0.2) is 48.5 Å². The predicted molar refractivity (Wildman–Crippen MR) is 109 cm³/mol. The van der Waals surface area contributed by atoms with Gasteiger partial charge in [-0.25, -0.2) is 0 Å². The van der Waals surface area contributed by atoms with E-state index in [4.69, 9.17) is 4.74 Å². The van der Waals surface area contributed by atoms with Gasteiger partial charge in [0, 0.05) is 25.1 Å². The molecule has 1 atom stereocenters. The molecule has 0 spiro atoms. The average molecular weight is 380 g/mol. The minimum absolute atomic E-state index is 0.121. The fourth-order valence-corrected chi connectivity index (χ4v) is 3.37. The number of carbonyl (C=O) groups excluding carboxylic acids is 2. The van der Waals surface area contributed by atoms with Crippen molar-refractivity contribution in [1.82, 2.24) is 10.2 Å². The molecule has 1 aliphatic rings. The SMILES string of the molecule is CC(C)Oc1ccc(C(C)NC(=O)c2cccc(CN3CCCC3=O)c2)cc1. The van der Waals surface area contributed by atoms with Crippen LogP contribution < -0.4 is 10.1 Å². The maximum atomic E-state index is 12.7. The van der Waals surface area contributed by atoms with Gasteiger partial charge in [0.2, 0.25) is 5.91 Å². The molecule has 0 aromatic heterocycles. The molecule has 0 bridgehead atoms. The first kappa shape index (κ1) is 19.9. The quantitative estimate of drug-likeness (QED) is 0.787. The molecule has 2 amide bonds. The summed E-state index contributed by atoms with van der Waals surface area (Å²) in [5.41, 5.74) is 2.60. The third kappa shape index (κ3) is 5.12. The van der Waals surface area contributed by atoms with Gasteiger partial charge in [0.15, 0.2) is 0 Å². The molecular weight excluding hydrogens is 352 g/mol. The Morgan fingerprint density at radius 2 is 1.89 bits per heavy atom. The minimum Gasteiger partial charge on any atom is -0.491 e. The molecule has 0 radical (unpaired) electrons. The van der Waals surface area contributed by atoms with Gasteiger partial charge >= 0.3 is 0 Å². The molecule has 5 nitrogen and oxygen atoms in total. The van der Waals surface area contributed by atoms with E-state index >= 15 is 0 Å². The van der Waals surface area contributed by atoms with Gasteiger partial charge in [-0.2, -0.15) is 0 Å². The Labute approximate surface area is 166 Å². The van der Waals surface area contributed by atoms with Crippen LogP contribution in [0.5, 0.6) is 5.75 Å². The van der Waals surface area contributed by atoms with Gasteiger partial charge in [0.1, 0.15) is 5.75 Å². The van der Waals surface area contributed by atoms with Gasteiger partial charge in [-0.1, -0.05) is 24.3 Å². The van der Waals surface area contributed by atoms with Crippen molar-refractivity contribution in [3.8, 4) is 5.75 Å². The number of nitrogens with zero attached hydrogens (tertiary/aromatic N) is 1. The van der Waals surface area contributed by atoms with Gasteiger partial charge in [0.25, 0.3) is 5.91 Å². The highest BCUT2D eigenvalue weighted by atomic mass is 16.5. The number of ether oxygens (including phenoxy) is 1. The molecule has 1 heterocycles. The topological polar surface area (TPSA) is 58.6 Å². The van der Waals surface area contributed by atoms with Crippen LogP contribution in [0.1, 0.15) is 61.1 Å². The summed E-state index contributed by atoms with van der Waals surface area (Å²) in [7, 11) is 0. The van der Waals surface area contributed by atoms with E-state index in [2.05, 4.69) is 5.32 Å². The lowest BCUT2D eigenvalue weighted by molar-refractivity contribution is -0.128. The summed E-state index contributed by atoms with van der Waals surface area (Å²) >= 11 is 0. The summed E-state index contributed by atoms with van der Waals surface area (Å²) in [4.78, 5) is 26.3. The van der Waals surface area contributed by atoms with E-state index in [0.29, 0.717) is 18.5 Å². The van der Waals surface area contributed by atoms with Crippen molar-refractivity contribution in [2.75, 3.05) is 6.54 Å². The van der Waals surface area contributed by atoms with E-state index in [1.54, 1.807) is 6.07 Å². The maximum absolute atomic E-state index is 12.7. The van der Waals surface area contributed by atoms with Gasteiger partial charge < -0.3 is 15.0 Å². The summed E-state index contributed by atoms with van der Waals surface area (Å²) in [5, 5.41) is 3.04. The van der Waals surface area contributed by atoms with E-state index < -0.39 is 0 Å². The fraction of sp³-hybridized carbons (Fsp3) is 0.391. The molecule has 1 unspecified atom stereocenters. The molecule has 28 heavy (non-hydrogen) atoms. The molecule has 1 aliphatic heterocycles. The Morgan fingerprint density at radius 1 is 1.14 bits per heavy atom. The second-order valence-electron chi connectivity index (χ2n) is 7.55. The summed E-state index contributed by atoms with van der Waals surface area (Å²) < 4.78 is 5.66. The molecule has 0 aliphatic carbocycles. The molecule has 148 valence electrons. The lowest BCUT2D eigenvalue weighted by atomic mass is 10.1. The Balaban J connectivity index is 1.62. The number of likely N-dealkylation sites (tertiary alicyclic amines) is 1. The molecular formula is C23H28N2O3. The molecule has 2 aromatic carbocycles. The highest BCUT2D eigenvalue weighted by Crippen LogP contribution is 2.20. The molecule has 3 rings (SSSR count). The van der Waals surface area contributed by atoms with Crippen molar-refractivity contribution >= 4 is 11.8 Å². The Bertz CT molecular complexity index is 830. The van der Waals surface area contributed by atoms with Crippen LogP contribution >= 0.6 is 0 Å². The van der Waals surface area contributed by atoms with E-state index in [-0.39, 0.29) is 24.0 Å². The molecule has 1 N–H and O–H groups in total. The Kier molecular flexibility index (Phi) is 6.34. The second-order valence-corrected chi connectivity index (χ2v) is 7.55. The van der Waals surface area contributed by atoms with Gasteiger partial charge in [-0.3, -0.25) is 9.59 Å². The Morgan fingerprint density at radius 3 is 2.54 bits per heavy atom. The van der Waals surface area contributed by atoms with E-state index in [0.717, 1.165) is 29.8 Å². The largest absolute Gasteiger partial charge is 0.491 e. The number of nitrogens with one attached hydrogen (secondary N) is 1. The lowest BCUT2D eigenvalue weighted by Gasteiger charge is -2.17. The zero-order valence-electron chi connectivity index (χ0n) is 16.8. The predicted octanol–water partition coefficient (Wildman–Crippen LogP) is 4.09. The van der Waals surface area contributed by atoms with Crippen LogP contribution in [-0.2, 0) is 11.3 Å². The summed E-state index contributed by atoms with van der Waals surface area (Å²) in [6.07, 6.45) is 1.67. The average Bonchev–Trinajstić information content (AvgIpc) is 3.06. The zero-order chi connectivity index (χ0) is 20.1. The van der Waals surface area contributed by atoms with Crippen LogP contribution in [0.25, 0.3) is 0 Å². The van der Waals surface area contributed by atoms with Crippen LogP contribution in [0.2, 0.25) is 0 Å². The fourth-order valence-electron chi connectivity index (χ4n) is 3.37. The first-order valence-corrected chi connectivity index (χ1v) is 9.86.